The third-order valence-electron chi connectivity index (χ3n) is 3.27. The lowest BCUT2D eigenvalue weighted by molar-refractivity contribution is 0.679. The van der Waals surface area contributed by atoms with Gasteiger partial charge in [-0.2, -0.15) is 0 Å². The lowest BCUT2D eigenvalue weighted by Crippen LogP contribution is -1.92. The van der Waals surface area contributed by atoms with Gasteiger partial charge in [-0.15, -0.1) is 17.7 Å². The van der Waals surface area contributed by atoms with E-state index in [-0.39, 0.29) is 0 Å². The fraction of sp³-hybridized carbons (Fsp3) is 0.579. The zero-order chi connectivity index (χ0) is 14.5. The molecule has 0 aromatic heterocycles. The Morgan fingerprint density at radius 3 is 2.40 bits per heavy atom. The van der Waals surface area contributed by atoms with E-state index >= 15 is 0 Å². The van der Waals surface area contributed by atoms with E-state index in [0.29, 0.717) is 5.25 Å². The third kappa shape index (κ3) is 7.65. The Morgan fingerprint density at radius 2 is 1.70 bits per heavy atom. The van der Waals surface area contributed by atoms with Crippen molar-refractivity contribution in [1.82, 2.24) is 0 Å². The summed E-state index contributed by atoms with van der Waals surface area (Å²) in [6.45, 7) is 4.50. The fourth-order valence-corrected chi connectivity index (χ4v) is 3.21. The molecule has 0 nitrogen and oxygen atoms in total. The van der Waals surface area contributed by atoms with Crippen molar-refractivity contribution in [1.29, 1.82) is 0 Å². The van der Waals surface area contributed by atoms with Crippen LogP contribution in [0.15, 0.2) is 30.3 Å². The summed E-state index contributed by atoms with van der Waals surface area (Å²) in [5.74, 6) is 8.09. The summed E-state index contributed by atoms with van der Waals surface area (Å²) in [6.07, 6.45) is 8.82. The first-order chi connectivity index (χ1) is 9.88. The summed E-state index contributed by atoms with van der Waals surface area (Å²) in [5, 5.41) is 0.355. The first-order valence-corrected chi connectivity index (χ1v) is 9.08. The predicted molar refractivity (Wildman–Crippen MR) is 93.1 cm³/mol. The Labute approximate surface area is 129 Å². The van der Waals surface area contributed by atoms with Crippen molar-refractivity contribution < 1.29 is 0 Å². The van der Waals surface area contributed by atoms with Crippen LogP contribution in [-0.4, -0.2) is 5.75 Å². The van der Waals surface area contributed by atoms with Crippen molar-refractivity contribution in [2.45, 2.75) is 64.0 Å². The number of hydrogen-bond donors (Lipinski definition) is 0. The molecule has 0 saturated carbocycles. The second-order valence-corrected chi connectivity index (χ2v) is 6.36. The zero-order valence-electron chi connectivity index (χ0n) is 13.0. The number of benzene rings is 1. The molecule has 0 aliphatic rings. The average molecular weight is 288 g/mol. The molecule has 0 spiro atoms. The van der Waals surface area contributed by atoms with E-state index in [9.17, 15) is 0 Å². The Morgan fingerprint density at radius 1 is 0.950 bits per heavy atom. The molecule has 0 heterocycles. The monoisotopic (exact) mass is 288 g/mol. The second-order valence-electron chi connectivity index (χ2n) is 5.15. The summed E-state index contributed by atoms with van der Waals surface area (Å²) in [4.78, 5) is 0. The lowest BCUT2D eigenvalue weighted by Gasteiger charge is -2.10. The summed E-state index contributed by atoms with van der Waals surface area (Å²) >= 11 is 1.99. The number of thioether (sulfide) groups is 1. The maximum atomic E-state index is 3.48. The molecule has 0 radical (unpaired) electrons. The molecular formula is C19H28S. The molecular weight excluding hydrogens is 260 g/mol. The highest BCUT2D eigenvalue weighted by Crippen LogP contribution is 2.28. The Balaban J connectivity index is 2.48. The molecule has 0 bridgehead atoms. The van der Waals surface area contributed by atoms with Crippen molar-refractivity contribution in [2.75, 3.05) is 5.75 Å². The molecule has 1 atom stereocenters. The summed E-state index contributed by atoms with van der Waals surface area (Å²) < 4.78 is 0. The van der Waals surface area contributed by atoms with Gasteiger partial charge in [-0.05, 0) is 24.2 Å². The van der Waals surface area contributed by atoms with Crippen molar-refractivity contribution in [3.63, 3.8) is 0 Å². The molecule has 1 unspecified atom stereocenters. The molecule has 1 aromatic carbocycles. The van der Waals surface area contributed by atoms with E-state index < -0.39 is 0 Å². The van der Waals surface area contributed by atoms with Gasteiger partial charge in [0.25, 0.3) is 0 Å². The minimum atomic E-state index is 0.355. The highest BCUT2D eigenvalue weighted by molar-refractivity contribution is 7.99. The van der Waals surface area contributed by atoms with E-state index in [2.05, 4.69) is 56.0 Å². The average Bonchev–Trinajstić information content (AvgIpc) is 2.50. The molecule has 0 N–H and O–H groups in total. The van der Waals surface area contributed by atoms with Gasteiger partial charge in [-0.3, -0.25) is 0 Å². The van der Waals surface area contributed by atoms with Gasteiger partial charge in [-0.25, -0.2) is 0 Å². The topological polar surface area (TPSA) is 0 Å². The maximum absolute atomic E-state index is 3.48. The zero-order valence-corrected chi connectivity index (χ0v) is 13.8. The van der Waals surface area contributed by atoms with Gasteiger partial charge in [0.2, 0.25) is 0 Å². The van der Waals surface area contributed by atoms with Gasteiger partial charge >= 0.3 is 0 Å². The van der Waals surface area contributed by atoms with Gasteiger partial charge < -0.3 is 0 Å². The van der Waals surface area contributed by atoms with Crippen molar-refractivity contribution >= 4 is 11.8 Å². The van der Waals surface area contributed by atoms with Gasteiger partial charge in [0.05, 0.1) is 5.25 Å². The number of unbranched alkanes of at least 4 members (excludes halogenated alkanes) is 5. The molecule has 0 fully saturated rings. The molecule has 1 heteroatoms. The summed E-state index contributed by atoms with van der Waals surface area (Å²) in [5.41, 5.74) is 1.36. The van der Waals surface area contributed by atoms with E-state index in [1.807, 2.05) is 11.8 Å². The number of hydrogen-bond acceptors (Lipinski definition) is 1. The summed E-state index contributed by atoms with van der Waals surface area (Å²) in [6, 6.07) is 10.7. The minimum Gasteiger partial charge on any atom is -0.141 e. The summed E-state index contributed by atoms with van der Waals surface area (Å²) in [7, 11) is 0. The van der Waals surface area contributed by atoms with Crippen LogP contribution in [0.4, 0.5) is 0 Å². The SMILES string of the molecule is CCCCCCC#CC(SCCCC)c1ccccc1. The van der Waals surface area contributed by atoms with Gasteiger partial charge in [0.15, 0.2) is 0 Å². The minimum absolute atomic E-state index is 0.355. The Hall–Kier alpha value is -0.870. The lowest BCUT2D eigenvalue weighted by atomic mass is 10.1. The van der Waals surface area contributed by atoms with Crippen LogP contribution in [0.3, 0.4) is 0 Å². The molecule has 1 rings (SSSR count). The van der Waals surface area contributed by atoms with E-state index in [4.69, 9.17) is 0 Å². The second kappa shape index (κ2) is 11.9. The normalized spacial score (nSPS) is 11.7. The van der Waals surface area contributed by atoms with Crippen LogP contribution in [-0.2, 0) is 0 Å². The van der Waals surface area contributed by atoms with Crippen LogP contribution in [0.5, 0.6) is 0 Å². The van der Waals surface area contributed by atoms with Gasteiger partial charge in [0.1, 0.15) is 0 Å². The van der Waals surface area contributed by atoms with Gasteiger partial charge in [-0.1, -0.05) is 75.8 Å². The molecule has 0 saturated heterocycles. The largest absolute Gasteiger partial charge is 0.141 e. The Bertz CT molecular complexity index is 385. The van der Waals surface area contributed by atoms with Crippen LogP contribution in [0.25, 0.3) is 0 Å². The van der Waals surface area contributed by atoms with E-state index in [1.54, 1.807) is 0 Å². The fourth-order valence-electron chi connectivity index (χ4n) is 2.00. The Kier molecular flexibility index (Phi) is 10.2. The van der Waals surface area contributed by atoms with Crippen LogP contribution in [0.1, 0.15) is 69.6 Å². The first-order valence-electron chi connectivity index (χ1n) is 8.03. The van der Waals surface area contributed by atoms with Crippen molar-refractivity contribution in [3.05, 3.63) is 35.9 Å². The molecule has 0 aliphatic heterocycles. The predicted octanol–water partition coefficient (Wildman–Crippen LogP) is 6.23. The first kappa shape index (κ1) is 17.2. The van der Waals surface area contributed by atoms with Crippen LogP contribution < -0.4 is 0 Å². The maximum Gasteiger partial charge on any atom is 0.0905 e. The highest BCUT2D eigenvalue weighted by atomic mass is 32.2. The molecule has 0 aliphatic carbocycles. The quantitative estimate of drug-likeness (QED) is 0.383. The number of rotatable bonds is 9. The molecule has 1 aromatic rings. The molecule has 20 heavy (non-hydrogen) atoms. The molecule has 110 valence electrons. The van der Waals surface area contributed by atoms with Crippen LogP contribution in [0.2, 0.25) is 0 Å². The smallest absolute Gasteiger partial charge is 0.0905 e. The van der Waals surface area contributed by atoms with E-state index in [0.717, 1.165) is 6.42 Å². The molecule has 0 amide bonds. The van der Waals surface area contributed by atoms with Crippen molar-refractivity contribution in [3.8, 4) is 11.8 Å². The standard InChI is InChI=1S/C19H28S/c1-3-5-7-8-9-13-16-19(20-17-6-4-2)18-14-11-10-12-15-18/h10-12,14-15,19H,3-9,17H2,1-2H3. The van der Waals surface area contributed by atoms with E-state index in [1.165, 1.54) is 49.8 Å². The van der Waals surface area contributed by atoms with Gasteiger partial charge in [0, 0.05) is 6.42 Å². The third-order valence-corrected chi connectivity index (χ3v) is 4.52. The van der Waals surface area contributed by atoms with Crippen LogP contribution >= 0.6 is 11.8 Å². The highest BCUT2D eigenvalue weighted by Gasteiger charge is 2.07. The van der Waals surface area contributed by atoms with Crippen molar-refractivity contribution in [2.24, 2.45) is 0 Å². The van der Waals surface area contributed by atoms with Crippen LogP contribution in [0, 0.1) is 11.8 Å².